The van der Waals surface area contributed by atoms with Crippen LogP contribution in [0.25, 0.3) is 0 Å². The highest BCUT2D eigenvalue weighted by atomic mass is 16.5. The van der Waals surface area contributed by atoms with E-state index in [9.17, 15) is 14.9 Å². The molecule has 0 aromatic carbocycles. The third kappa shape index (κ3) is 2.21. The van der Waals surface area contributed by atoms with E-state index in [1.807, 2.05) is 0 Å². The summed E-state index contributed by atoms with van der Waals surface area (Å²) in [6, 6.07) is -0.514. The molecule has 0 bridgehead atoms. The van der Waals surface area contributed by atoms with E-state index >= 15 is 0 Å². The summed E-state index contributed by atoms with van der Waals surface area (Å²) in [4.78, 5) is 12.7. The number of hydrogen-bond donors (Lipinski definition) is 2. The number of ether oxygens (including phenoxy) is 1. The van der Waals surface area contributed by atoms with Gasteiger partial charge in [-0.25, -0.2) is 0 Å². The summed E-state index contributed by atoms with van der Waals surface area (Å²) >= 11 is 0. The standard InChI is InChI=1S/C7H14BNO4/c1-8(12)9-4-5(10)3-6(9)7(11)13-2/h5-6,10,12H,3-4H2,1-2H3/t5-,6+/m0/s1. The lowest BCUT2D eigenvalue weighted by Gasteiger charge is -2.22. The van der Waals surface area contributed by atoms with Gasteiger partial charge in [-0.05, 0) is 13.2 Å². The SMILES string of the molecule is COC(=O)[C@H]1C[C@H](O)CN1B(C)O. The van der Waals surface area contributed by atoms with Gasteiger partial charge in [-0.15, -0.1) is 0 Å². The predicted molar refractivity (Wildman–Crippen MR) is 47.0 cm³/mol. The van der Waals surface area contributed by atoms with Crippen molar-refractivity contribution in [3.8, 4) is 0 Å². The molecule has 1 aliphatic heterocycles. The Balaban J connectivity index is 2.66. The lowest BCUT2D eigenvalue weighted by molar-refractivity contribution is -0.144. The summed E-state index contributed by atoms with van der Waals surface area (Å²) in [5, 5.41) is 18.6. The van der Waals surface area contributed by atoms with E-state index in [1.54, 1.807) is 6.82 Å². The number of carbonyl (C=O) groups is 1. The van der Waals surface area contributed by atoms with E-state index < -0.39 is 25.2 Å². The minimum Gasteiger partial charge on any atom is -0.468 e. The van der Waals surface area contributed by atoms with Gasteiger partial charge in [0.05, 0.1) is 13.2 Å². The maximum atomic E-state index is 11.2. The summed E-state index contributed by atoms with van der Waals surface area (Å²) < 4.78 is 4.56. The number of aliphatic hydroxyl groups excluding tert-OH is 1. The molecule has 0 spiro atoms. The van der Waals surface area contributed by atoms with Crippen molar-refractivity contribution in [2.45, 2.75) is 25.4 Å². The Kier molecular flexibility index (Phi) is 3.30. The van der Waals surface area contributed by atoms with Crippen molar-refractivity contribution in [3.05, 3.63) is 0 Å². The third-order valence-electron chi connectivity index (χ3n) is 2.27. The summed E-state index contributed by atoms with van der Waals surface area (Å²) in [6.07, 6.45) is -0.226. The summed E-state index contributed by atoms with van der Waals surface area (Å²) in [7, 11) is 0.564. The van der Waals surface area contributed by atoms with Crippen LogP contribution in [0.1, 0.15) is 6.42 Å². The molecule has 0 aromatic heterocycles. The van der Waals surface area contributed by atoms with Crippen LogP contribution in [0.3, 0.4) is 0 Å². The molecule has 1 aliphatic rings. The van der Waals surface area contributed by atoms with E-state index in [2.05, 4.69) is 4.74 Å². The van der Waals surface area contributed by atoms with Gasteiger partial charge in [0.15, 0.2) is 0 Å². The molecule has 5 nitrogen and oxygen atoms in total. The van der Waals surface area contributed by atoms with E-state index in [4.69, 9.17) is 0 Å². The third-order valence-corrected chi connectivity index (χ3v) is 2.27. The van der Waals surface area contributed by atoms with Gasteiger partial charge in [-0.2, -0.15) is 0 Å². The van der Waals surface area contributed by atoms with Gasteiger partial charge < -0.3 is 19.7 Å². The van der Waals surface area contributed by atoms with Crippen molar-refractivity contribution in [1.82, 2.24) is 4.81 Å². The summed E-state index contributed by atoms with van der Waals surface area (Å²) in [6.45, 7) is 1.88. The number of methoxy groups -OCH3 is 1. The van der Waals surface area contributed by atoms with Gasteiger partial charge in [0.25, 0.3) is 0 Å². The second-order valence-corrected chi connectivity index (χ2v) is 3.26. The molecule has 0 radical (unpaired) electrons. The average molecular weight is 187 g/mol. The monoisotopic (exact) mass is 187 g/mol. The molecule has 1 saturated heterocycles. The average Bonchev–Trinajstić information content (AvgIpc) is 2.46. The van der Waals surface area contributed by atoms with E-state index in [0.717, 1.165) is 0 Å². The first-order valence-corrected chi connectivity index (χ1v) is 4.26. The molecule has 1 fully saturated rings. The van der Waals surface area contributed by atoms with Crippen molar-refractivity contribution in [3.63, 3.8) is 0 Å². The minimum atomic E-state index is -0.735. The van der Waals surface area contributed by atoms with Crippen molar-refractivity contribution in [1.29, 1.82) is 0 Å². The molecule has 2 atom stereocenters. The number of β-amino-alcohol motifs (C(OH)–C–C–N with tert-alkyl or cyclic N) is 1. The Morgan fingerprint density at radius 1 is 1.69 bits per heavy atom. The van der Waals surface area contributed by atoms with E-state index in [1.165, 1.54) is 11.9 Å². The number of hydrogen-bond acceptors (Lipinski definition) is 5. The zero-order valence-corrected chi connectivity index (χ0v) is 7.80. The Hall–Kier alpha value is -0.585. The van der Waals surface area contributed by atoms with Gasteiger partial charge in [0.2, 0.25) is 0 Å². The maximum Gasteiger partial charge on any atom is 0.377 e. The fraction of sp³-hybridized carbons (Fsp3) is 0.857. The molecule has 74 valence electrons. The van der Waals surface area contributed by atoms with Crippen LogP contribution in [0, 0.1) is 0 Å². The highest BCUT2D eigenvalue weighted by Gasteiger charge is 2.39. The van der Waals surface area contributed by atoms with E-state index in [-0.39, 0.29) is 0 Å². The maximum absolute atomic E-state index is 11.2. The lowest BCUT2D eigenvalue weighted by atomic mass is 9.84. The number of carbonyl (C=O) groups excluding carboxylic acids is 1. The van der Waals surface area contributed by atoms with Crippen molar-refractivity contribution in [2.24, 2.45) is 0 Å². The quantitative estimate of drug-likeness (QED) is 0.415. The first-order valence-electron chi connectivity index (χ1n) is 4.26. The molecule has 6 heteroatoms. The van der Waals surface area contributed by atoms with Crippen LogP contribution in [0.4, 0.5) is 0 Å². The fourth-order valence-electron chi connectivity index (χ4n) is 1.62. The molecule has 2 N–H and O–H groups in total. The van der Waals surface area contributed by atoms with Gasteiger partial charge >= 0.3 is 13.0 Å². The summed E-state index contributed by atoms with van der Waals surface area (Å²) in [5.41, 5.74) is 0. The van der Waals surface area contributed by atoms with Crippen LogP contribution < -0.4 is 0 Å². The van der Waals surface area contributed by atoms with Crippen LogP contribution in [-0.4, -0.2) is 53.8 Å². The molecule has 1 heterocycles. The second kappa shape index (κ2) is 4.08. The van der Waals surface area contributed by atoms with Crippen molar-refractivity contribution < 1.29 is 19.7 Å². The Morgan fingerprint density at radius 3 is 2.77 bits per heavy atom. The van der Waals surface area contributed by atoms with Crippen molar-refractivity contribution in [2.75, 3.05) is 13.7 Å². The largest absolute Gasteiger partial charge is 0.468 e. The van der Waals surface area contributed by atoms with Gasteiger partial charge in [-0.3, -0.25) is 4.79 Å². The normalized spacial score (nSPS) is 28.9. The van der Waals surface area contributed by atoms with Crippen LogP contribution in [0.5, 0.6) is 0 Å². The summed E-state index contributed by atoms with van der Waals surface area (Å²) in [5.74, 6) is -0.405. The molecular formula is C7H14BNO4. The van der Waals surface area contributed by atoms with Crippen LogP contribution in [-0.2, 0) is 9.53 Å². The fourth-order valence-corrected chi connectivity index (χ4v) is 1.62. The molecule has 13 heavy (non-hydrogen) atoms. The Morgan fingerprint density at radius 2 is 2.31 bits per heavy atom. The second-order valence-electron chi connectivity index (χ2n) is 3.26. The minimum absolute atomic E-state index is 0.317. The van der Waals surface area contributed by atoms with Gasteiger partial charge in [0, 0.05) is 6.54 Å². The molecule has 1 rings (SSSR count). The molecule has 0 aliphatic carbocycles. The number of aliphatic hydroxyl groups is 1. The Labute approximate surface area is 77.4 Å². The molecule has 0 amide bonds. The lowest BCUT2D eigenvalue weighted by Crippen LogP contribution is -2.45. The van der Waals surface area contributed by atoms with Crippen LogP contribution in [0.2, 0.25) is 6.82 Å². The predicted octanol–water partition coefficient (Wildman–Crippen LogP) is -1.30. The van der Waals surface area contributed by atoms with Crippen molar-refractivity contribution >= 4 is 13.0 Å². The van der Waals surface area contributed by atoms with Gasteiger partial charge in [0.1, 0.15) is 6.04 Å². The molecule has 0 aromatic rings. The zero-order valence-electron chi connectivity index (χ0n) is 7.80. The van der Waals surface area contributed by atoms with Crippen LogP contribution in [0.15, 0.2) is 0 Å². The van der Waals surface area contributed by atoms with Gasteiger partial charge in [-0.1, -0.05) is 0 Å². The molecular weight excluding hydrogens is 173 g/mol. The first kappa shape index (κ1) is 10.5. The topological polar surface area (TPSA) is 70.0 Å². The zero-order chi connectivity index (χ0) is 10.0. The smallest absolute Gasteiger partial charge is 0.377 e. The number of rotatable bonds is 2. The first-order chi connectivity index (χ1) is 6.06. The molecule has 0 saturated carbocycles. The number of esters is 1. The van der Waals surface area contributed by atoms with Crippen LogP contribution >= 0.6 is 0 Å². The number of nitrogens with zero attached hydrogens (tertiary/aromatic N) is 1. The molecule has 0 unspecified atom stereocenters. The van der Waals surface area contributed by atoms with E-state index in [0.29, 0.717) is 13.0 Å². The highest BCUT2D eigenvalue weighted by Crippen LogP contribution is 2.19. The Bertz CT molecular complexity index is 199. The highest BCUT2D eigenvalue weighted by molar-refractivity contribution is 6.45.